The zero-order valence-electron chi connectivity index (χ0n) is 7.91. The summed E-state index contributed by atoms with van der Waals surface area (Å²) in [4.78, 5) is 11.7. The van der Waals surface area contributed by atoms with Gasteiger partial charge in [-0.05, 0) is 18.2 Å². The number of hydrogen-bond donors (Lipinski definition) is 1. The normalized spacial score (nSPS) is 10.1. The molecular weight excluding hydrogens is 251 g/mol. The van der Waals surface area contributed by atoms with Crippen LogP contribution in [-0.2, 0) is 0 Å². The number of nitrogens with one attached hydrogen (secondary N) is 1. The van der Waals surface area contributed by atoms with Crippen molar-refractivity contribution < 1.29 is 9.32 Å². The minimum atomic E-state index is -0.388. The van der Waals surface area contributed by atoms with Gasteiger partial charge in [0.15, 0.2) is 5.82 Å². The van der Waals surface area contributed by atoms with Gasteiger partial charge in [-0.2, -0.15) is 0 Å². The Morgan fingerprint density at radius 1 is 1.31 bits per heavy atom. The van der Waals surface area contributed by atoms with Gasteiger partial charge in [0.1, 0.15) is 6.26 Å². The van der Waals surface area contributed by atoms with Crippen molar-refractivity contribution >= 4 is 34.9 Å². The van der Waals surface area contributed by atoms with Crippen LogP contribution in [0, 0.1) is 0 Å². The van der Waals surface area contributed by atoms with Gasteiger partial charge in [-0.1, -0.05) is 28.4 Å². The van der Waals surface area contributed by atoms with Crippen LogP contribution in [0.5, 0.6) is 0 Å². The molecule has 0 bridgehead atoms. The molecule has 16 heavy (non-hydrogen) atoms. The first-order valence-corrected chi connectivity index (χ1v) is 5.09. The lowest BCUT2D eigenvalue weighted by atomic mass is 10.2. The summed E-state index contributed by atoms with van der Waals surface area (Å²) in [7, 11) is 0. The highest BCUT2D eigenvalue weighted by Crippen LogP contribution is 2.21. The molecule has 0 spiro atoms. The van der Waals surface area contributed by atoms with Crippen molar-refractivity contribution in [3.63, 3.8) is 0 Å². The van der Waals surface area contributed by atoms with Crippen LogP contribution in [0.15, 0.2) is 35.1 Å². The molecule has 0 atom stereocenters. The average molecular weight is 257 g/mol. The van der Waals surface area contributed by atoms with Gasteiger partial charge in [-0.25, -0.2) is 0 Å². The molecule has 0 saturated carbocycles. The van der Waals surface area contributed by atoms with E-state index in [2.05, 4.69) is 15.0 Å². The van der Waals surface area contributed by atoms with Gasteiger partial charge in [0.05, 0.1) is 10.6 Å². The van der Waals surface area contributed by atoms with E-state index in [9.17, 15) is 4.79 Å². The van der Waals surface area contributed by atoms with Crippen LogP contribution in [0.2, 0.25) is 10.0 Å². The number of rotatable bonds is 2. The molecule has 1 amide bonds. The van der Waals surface area contributed by atoms with Crippen LogP contribution in [0.3, 0.4) is 0 Å². The molecule has 0 fully saturated rings. The Kier molecular flexibility index (Phi) is 3.12. The SMILES string of the molecule is O=C(Nc1ccon1)c1cc(Cl)ccc1Cl. The molecule has 0 aliphatic carbocycles. The highest BCUT2D eigenvalue weighted by atomic mass is 35.5. The molecular formula is C10H6Cl2N2O2. The molecule has 1 aromatic carbocycles. The highest BCUT2D eigenvalue weighted by Gasteiger charge is 2.12. The second kappa shape index (κ2) is 4.55. The maximum atomic E-state index is 11.7. The lowest BCUT2D eigenvalue weighted by Gasteiger charge is -2.03. The fourth-order valence-corrected chi connectivity index (χ4v) is 1.51. The van der Waals surface area contributed by atoms with E-state index in [-0.39, 0.29) is 11.5 Å². The van der Waals surface area contributed by atoms with Crippen molar-refractivity contribution in [1.82, 2.24) is 5.16 Å². The van der Waals surface area contributed by atoms with Gasteiger partial charge in [-0.15, -0.1) is 0 Å². The molecule has 2 aromatic rings. The van der Waals surface area contributed by atoms with Gasteiger partial charge < -0.3 is 9.84 Å². The molecule has 0 saturated heterocycles. The fourth-order valence-electron chi connectivity index (χ4n) is 1.13. The second-order valence-corrected chi connectivity index (χ2v) is 3.81. The molecule has 0 unspecified atom stereocenters. The number of benzene rings is 1. The molecule has 82 valence electrons. The lowest BCUT2D eigenvalue weighted by molar-refractivity contribution is 0.102. The molecule has 4 nitrogen and oxygen atoms in total. The minimum Gasteiger partial charge on any atom is -0.363 e. The number of nitrogens with zero attached hydrogens (tertiary/aromatic N) is 1. The number of carbonyl (C=O) groups is 1. The highest BCUT2D eigenvalue weighted by molar-refractivity contribution is 6.36. The number of amides is 1. The molecule has 1 aromatic heterocycles. The molecule has 6 heteroatoms. The van der Waals surface area contributed by atoms with E-state index in [0.29, 0.717) is 15.9 Å². The van der Waals surface area contributed by atoms with Crippen LogP contribution < -0.4 is 5.32 Å². The molecule has 1 N–H and O–H groups in total. The Labute approximate surface area is 101 Å². The summed E-state index contributed by atoms with van der Waals surface area (Å²) in [6, 6.07) is 6.17. The van der Waals surface area contributed by atoms with Gasteiger partial charge in [-0.3, -0.25) is 4.79 Å². The maximum absolute atomic E-state index is 11.7. The lowest BCUT2D eigenvalue weighted by Crippen LogP contribution is -2.12. The van der Waals surface area contributed by atoms with Gasteiger partial charge in [0.25, 0.3) is 5.91 Å². The molecule has 0 aliphatic heterocycles. The third-order valence-electron chi connectivity index (χ3n) is 1.85. The minimum absolute atomic E-state index is 0.289. The zero-order chi connectivity index (χ0) is 11.5. The first kappa shape index (κ1) is 11.0. The molecule has 2 rings (SSSR count). The van der Waals surface area contributed by atoms with Gasteiger partial charge in [0.2, 0.25) is 0 Å². The van der Waals surface area contributed by atoms with E-state index in [1.807, 2.05) is 0 Å². The Morgan fingerprint density at radius 2 is 2.12 bits per heavy atom. The third kappa shape index (κ3) is 2.35. The quantitative estimate of drug-likeness (QED) is 0.898. The summed E-state index contributed by atoms with van der Waals surface area (Å²) in [5, 5.41) is 6.83. The first-order chi connectivity index (χ1) is 7.66. The van der Waals surface area contributed by atoms with Crippen molar-refractivity contribution in [3.8, 4) is 0 Å². The van der Waals surface area contributed by atoms with Gasteiger partial charge >= 0.3 is 0 Å². The second-order valence-electron chi connectivity index (χ2n) is 2.96. The van der Waals surface area contributed by atoms with Crippen LogP contribution in [0.25, 0.3) is 0 Å². The predicted octanol–water partition coefficient (Wildman–Crippen LogP) is 3.23. The predicted molar refractivity (Wildman–Crippen MR) is 60.9 cm³/mol. The Morgan fingerprint density at radius 3 is 2.81 bits per heavy atom. The van der Waals surface area contributed by atoms with E-state index in [1.54, 1.807) is 12.1 Å². The van der Waals surface area contributed by atoms with Crippen LogP contribution in [0.4, 0.5) is 5.82 Å². The Bertz CT molecular complexity index is 512. The van der Waals surface area contributed by atoms with Crippen molar-refractivity contribution in [3.05, 3.63) is 46.1 Å². The summed E-state index contributed by atoms with van der Waals surface area (Å²) in [6.07, 6.45) is 1.36. The molecule has 0 radical (unpaired) electrons. The number of carbonyl (C=O) groups excluding carboxylic acids is 1. The fraction of sp³-hybridized carbons (Fsp3) is 0. The van der Waals surface area contributed by atoms with Gasteiger partial charge in [0, 0.05) is 11.1 Å². The van der Waals surface area contributed by atoms with E-state index < -0.39 is 0 Å². The van der Waals surface area contributed by atoms with Crippen molar-refractivity contribution in [1.29, 1.82) is 0 Å². The van der Waals surface area contributed by atoms with Crippen molar-refractivity contribution in [2.45, 2.75) is 0 Å². The number of anilines is 1. The number of halogens is 2. The van der Waals surface area contributed by atoms with E-state index in [1.165, 1.54) is 18.4 Å². The van der Waals surface area contributed by atoms with Crippen LogP contribution in [0.1, 0.15) is 10.4 Å². The smallest absolute Gasteiger partial charge is 0.258 e. The summed E-state index contributed by atoms with van der Waals surface area (Å²) in [6.45, 7) is 0. The van der Waals surface area contributed by atoms with Crippen LogP contribution >= 0.6 is 23.2 Å². The maximum Gasteiger partial charge on any atom is 0.258 e. The molecule has 1 heterocycles. The third-order valence-corrected chi connectivity index (χ3v) is 2.42. The van der Waals surface area contributed by atoms with E-state index in [4.69, 9.17) is 23.2 Å². The zero-order valence-corrected chi connectivity index (χ0v) is 9.42. The van der Waals surface area contributed by atoms with E-state index in [0.717, 1.165) is 0 Å². The average Bonchev–Trinajstić information content (AvgIpc) is 2.74. The summed E-state index contributed by atoms with van der Waals surface area (Å²) >= 11 is 11.6. The molecule has 0 aliphatic rings. The summed E-state index contributed by atoms with van der Waals surface area (Å²) in [5.41, 5.74) is 0.289. The number of aromatic nitrogens is 1. The summed E-state index contributed by atoms with van der Waals surface area (Å²) < 4.78 is 4.58. The van der Waals surface area contributed by atoms with Crippen molar-refractivity contribution in [2.24, 2.45) is 0 Å². The topological polar surface area (TPSA) is 55.1 Å². The Hall–Kier alpha value is -1.52. The largest absolute Gasteiger partial charge is 0.363 e. The van der Waals surface area contributed by atoms with Crippen LogP contribution in [-0.4, -0.2) is 11.1 Å². The monoisotopic (exact) mass is 256 g/mol. The van der Waals surface area contributed by atoms with Crippen molar-refractivity contribution in [2.75, 3.05) is 5.32 Å². The first-order valence-electron chi connectivity index (χ1n) is 4.33. The Balaban J connectivity index is 2.24. The standard InChI is InChI=1S/C10H6Cl2N2O2/c11-6-1-2-8(12)7(5-6)10(15)13-9-3-4-16-14-9/h1-5H,(H,13,14,15). The summed E-state index contributed by atoms with van der Waals surface area (Å²) in [5.74, 6) is -0.0672. The van der Waals surface area contributed by atoms with E-state index >= 15 is 0 Å². The number of hydrogen-bond acceptors (Lipinski definition) is 3.